The Hall–Kier alpha value is -3.19. The number of nitrogens with zero attached hydrogens (tertiary/aromatic N) is 2. The molecule has 2 aromatic carbocycles. The number of hydrogen-bond acceptors (Lipinski definition) is 6. The number of benzene rings is 2. The van der Waals surface area contributed by atoms with Gasteiger partial charge in [0.15, 0.2) is 24.1 Å². The van der Waals surface area contributed by atoms with Crippen molar-refractivity contribution in [1.29, 1.82) is 0 Å². The predicted molar refractivity (Wildman–Crippen MR) is 113 cm³/mol. The number of ether oxygens (including phenoxy) is 2. The van der Waals surface area contributed by atoms with Crippen molar-refractivity contribution >= 4 is 17.6 Å². The fourth-order valence-electron chi connectivity index (χ4n) is 4.00. The summed E-state index contributed by atoms with van der Waals surface area (Å²) in [5.74, 6) is 0.575. The van der Waals surface area contributed by atoms with E-state index in [2.05, 4.69) is 4.99 Å². The van der Waals surface area contributed by atoms with Gasteiger partial charge in [-0.15, -0.1) is 0 Å². The molecule has 2 aliphatic heterocycles. The summed E-state index contributed by atoms with van der Waals surface area (Å²) in [6, 6.07) is 13.1. The lowest BCUT2D eigenvalue weighted by atomic mass is 9.82. The third-order valence-corrected chi connectivity index (χ3v) is 5.71. The van der Waals surface area contributed by atoms with Crippen LogP contribution in [0.4, 0.5) is 0 Å². The maximum absolute atomic E-state index is 13.3. The monoisotopic (exact) mass is 407 g/mol. The topological polar surface area (TPSA) is 94.2 Å². The average Bonchev–Trinajstić information content (AvgIpc) is 2.97. The van der Waals surface area contributed by atoms with Gasteiger partial charge in [0.05, 0.1) is 6.61 Å². The molecule has 4 rings (SSSR count). The van der Waals surface area contributed by atoms with Crippen molar-refractivity contribution in [3.05, 3.63) is 53.6 Å². The molecule has 2 aliphatic rings. The van der Waals surface area contributed by atoms with Gasteiger partial charge in [0, 0.05) is 18.2 Å². The zero-order valence-corrected chi connectivity index (χ0v) is 17.2. The van der Waals surface area contributed by atoms with Gasteiger partial charge >= 0.3 is 0 Å². The minimum absolute atomic E-state index is 0.00208. The summed E-state index contributed by atoms with van der Waals surface area (Å²) in [6.07, 6.45) is 2.07. The largest absolute Gasteiger partial charge is 0.467 e. The molecule has 0 fully saturated rings. The Morgan fingerprint density at radius 2 is 1.97 bits per heavy atom. The Kier molecular flexibility index (Phi) is 5.30. The quantitative estimate of drug-likeness (QED) is 0.772. The Balaban J connectivity index is 1.88. The van der Waals surface area contributed by atoms with Crippen LogP contribution in [0.2, 0.25) is 0 Å². The SMILES string of the molecule is CC(=O)c1cccc(-c2ccc3c(c2)[C@]2(CCCCOCO3)N=C(N)N(C)C2=O)c1. The number of amides is 1. The van der Waals surface area contributed by atoms with Crippen LogP contribution in [0.25, 0.3) is 11.1 Å². The van der Waals surface area contributed by atoms with E-state index < -0.39 is 5.54 Å². The summed E-state index contributed by atoms with van der Waals surface area (Å²) in [6.45, 7) is 2.20. The molecular formula is C23H25N3O4. The minimum atomic E-state index is -1.13. The van der Waals surface area contributed by atoms with Crippen molar-refractivity contribution in [2.75, 3.05) is 20.4 Å². The average molecular weight is 407 g/mol. The van der Waals surface area contributed by atoms with E-state index in [9.17, 15) is 9.59 Å². The van der Waals surface area contributed by atoms with E-state index in [4.69, 9.17) is 15.2 Å². The molecule has 0 unspecified atom stereocenters. The van der Waals surface area contributed by atoms with Crippen LogP contribution >= 0.6 is 0 Å². The molecule has 2 heterocycles. The van der Waals surface area contributed by atoms with Crippen LogP contribution in [-0.4, -0.2) is 43.0 Å². The van der Waals surface area contributed by atoms with E-state index in [1.807, 2.05) is 36.4 Å². The second kappa shape index (κ2) is 7.91. The molecule has 0 aromatic heterocycles. The van der Waals surface area contributed by atoms with Crippen LogP contribution in [0.15, 0.2) is 47.5 Å². The van der Waals surface area contributed by atoms with Crippen LogP contribution in [0.5, 0.6) is 5.75 Å². The minimum Gasteiger partial charge on any atom is -0.467 e. The second-order valence-corrected chi connectivity index (χ2v) is 7.67. The lowest BCUT2D eigenvalue weighted by molar-refractivity contribution is -0.131. The normalized spacial score (nSPS) is 21.7. The maximum Gasteiger partial charge on any atom is 0.261 e. The highest BCUT2D eigenvalue weighted by Crippen LogP contribution is 2.43. The molecule has 2 N–H and O–H groups in total. The lowest BCUT2D eigenvalue weighted by Crippen LogP contribution is -2.41. The number of hydrogen-bond donors (Lipinski definition) is 1. The molecule has 7 heteroatoms. The third kappa shape index (κ3) is 3.45. The lowest BCUT2D eigenvalue weighted by Gasteiger charge is -2.29. The van der Waals surface area contributed by atoms with Crippen molar-refractivity contribution in [3.8, 4) is 16.9 Å². The van der Waals surface area contributed by atoms with Gasteiger partial charge in [-0.25, -0.2) is 4.99 Å². The smallest absolute Gasteiger partial charge is 0.261 e. The molecule has 1 atom stereocenters. The zero-order valence-electron chi connectivity index (χ0n) is 17.2. The van der Waals surface area contributed by atoms with E-state index in [1.165, 1.54) is 4.90 Å². The Morgan fingerprint density at radius 1 is 1.17 bits per heavy atom. The number of carbonyl (C=O) groups is 2. The number of likely N-dealkylation sites (N-methyl/N-ethyl adjacent to an activating group) is 1. The molecule has 0 bridgehead atoms. The van der Waals surface area contributed by atoms with Gasteiger partial charge in [0.1, 0.15) is 5.75 Å². The Labute approximate surface area is 175 Å². The summed E-state index contributed by atoms with van der Waals surface area (Å²) >= 11 is 0. The van der Waals surface area contributed by atoms with E-state index in [1.54, 1.807) is 20.0 Å². The highest BCUT2D eigenvalue weighted by molar-refractivity contribution is 6.07. The summed E-state index contributed by atoms with van der Waals surface area (Å²) in [5.41, 5.74) is 7.96. The molecule has 0 saturated carbocycles. The molecule has 2 aromatic rings. The van der Waals surface area contributed by atoms with E-state index in [0.29, 0.717) is 29.9 Å². The van der Waals surface area contributed by atoms with Gasteiger partial charge in [-0.2, -0.15) is 0 Å². The fraction of sp³-hybridized carbons (Fsp3) is 0.348. The summed E-state index contributed by atoms with van der Waals surface area (Å²) < 4.78 is 11.4. The van der Waals surface area contributed by atoms with Crippen LogP contribution in [0, 0.1) is 0 Å². The highest BCUT2D eigenvalue weighted by Gasteiger charge is 2.49. The number of rotatable bonds is 2. The molecular weight excluding hydrogens is 382 g/mol. The van der Waals surface area contributed by atoms with Crippen molar-refractivity contribution < 1.29 is 19.1 Å². The fourth-order valence-corrected chi connectivity index (χ4v) is 4.00. The second-order valence-electron chi connectivity index (χ2n) is 7.67. The molecule has 7 nitrogen and oxygen atoms in total. The summed E-state index contributed by atoms with van der Waals surface area (Å²) in [7, 11) is 1.64. The van der Waals surface area contributed by atoms with E-state index in [-0.39, 0.29) is 24.4 Å². The van der Waals surface area contributed by atoms with Crippen LogP contribution in [-0.2, 0) is 15.1 Å². The molecule has 0 aliphatic carbocycles. The first-order valence-corrected chi connectivity index (χ1v) is 10.0. The number of carbonyl (C=O) groups excluding carboxylic acids is 2. The first-order valence-electron chi connectivity index (χ1n) is 10.0. The van der Waals surface area contributed by atoms with Gasteiger partial charge in [0.25, 0.3) is 5.91 Å². The van der Waals surface area contributed by atoms with Crippen molar-refractivity contribution in [1.82, 2.24) is 4.90 Å². The van der Waals surface area contributed by atoms with Gasteiger partial charge in [-0.3, -0.25) is 14.5 Å². The van der Waals surface area contributed by atoms with Gasteiger partial charge in [-0.05, 0) is 55.5 Å². The van der Waals surface area contributed by atoms with Crippen LogP contribution in [0.3, 0.4) is 0 Å². The van der Waals surface area contributed by atoms with E-state index >= 15 is 0 Å². The molecule has 1 amide bonds. The summed E-state index contributed by atoms with van der Waals surface area (Å²) in [4.78, 5) is 31.2. The molecule has 1 spiro atoms. The number of nitrogens with two attached hydrogens (primary N) is 1. The predicted octanol–water partition coefficient (Wildman–Crippen LogP) is 3.08. The Morgan fingerprint density at radius 3 is 2.70 bits per heavy atom. The Bertz CT molecular complexity index is 1030. The molecule has 0 radical (unpaired) electrons. The van der Waals surface area contributed by atoms with Crippen molar-refractivity contribution in [3.63, 3.8) is 0 Å². The van der Waals surface area contributed by atoms with Crippen molar-refractivity contribution in [2.24, 2.45) is 10.7 Å². The maximum atomic E-state index is 13.3. The van der Waals surface area contributed by atoms with Gasteiger partial charge in [0.2, 0.25) is 0 Å². The zero-order chi connectivity index (χ0) is 21.3. The first-order chi connectivity index (χ1) is 14.4. The van der Waals surface area contributed by atoms with Gasteiger partial charge in [-0.1, -0.05) is 24.3 Å². The number of Topliss-reactive ketones (excluding diaryl/α,β-unsaturated/α-hetero) is 1. The molecule has 156 valence electrons. The van der Waals surface area contributed by atoms with Crippen LogP contribution < -0.4 is 10.5 Å². The number of aliphatic imine (C=N–C) groups is 1. The first kappa shape index (κ1) is 20.1. The number of fused-ring (bicyclic) bond motifs is 2. The molecule has 30 heavy (non-hydrogen) atoms. The van der Waals surface area contributed by atoms with Gasteiger partial charge < -0.3 is 15.2 Å². The van der Waals surface area contributed by atoms with Crippen LogP contribution in [0.1, 0.15) is 42.1 Å². The summed E-state index contributed by atoms with van der Waals surface area (Å²) in [5, 5.41) is 0. The van der Waals surface area contributed by atoms with Crippen molar-refractivity contribution in [2.45, 2.75) is 31.7 Å². The molecule has 0 saturated heterocycles. The number of ketones is 1. The highest BCUT2D eigenvalue weighted by atomic mass is 16.7. The number of guanidine groups is 1. The van der Waals surface area contributed by atoms with E-state index in [0.717, 1.165) is 24.0 Å². The third-order valence-electron chi connectivity index (χ3n) is 5.71. The standard InChI is InChI=1S/C23H25N3O4/c1-15(27)16-6-5-7-17(12-16)18-8-9-20-19(13-18)23(10-3-4-11-29-14-30-20)21(28)26(2)22(24)25-23/h5-9,12-13H,3-4,10-11,14H2,1-2H3,(H2,24,25)/t23-/m0/s1.